The highest BCUT2D eigenvalue weighted by Crippen LogP contribution is 2.30. The predicted molar refractivity (Wildman–Crippen MR) is 139 cm³/mol. The number of carbonyl (C=O) groups excluding carboxylic acids is 2. The van der Waals surface area contributed by atoms with E-state index in [0.717, 1.165) is 5.56 Å². The van der Waals surface area contributed by atoms with E-state index < -0.39 is 18.1 Å². The molecule has 0 bridgehead atoms. The summed E-state index contributed by atoms with van der Waals surface area (Å²) < 4.78 is 23.4. The van der Waals surface area contributed by atoms with E-state index in [1.165, 1.54) is 4.57 Å². The highest BCUT2D eigenvalue weighted by molar-refractivity contribution is 5.98. The van der Waals surface area contributed by atoms with Crippen LogP contribution in [0, 0.1) is 17.2 Å². The largest absolute Gasteiger partial charge is 0.470 e. The van der Waals surface area contributed by atoms with Crippen LogP contribution in [0.3, 0.4) is 0 Å². The summed E-state index contributed by atoms with van der Waals surface area (Å²) in [7, 11) is 0. The van der Waals surface area contributed by atoms with E-state index in [9.17, 15) is 9.59 Å². The van der Waals surface area contributed by atoms with Crippen LogP contribution in [-0.4, -0.2) is 47.6 Å². The molecule has 1 N–H and O–H groups in total. The summed E-state index contributed by atoms with van der Waals surface area (Å²) in [6.45, 7) is 10.4. The topological polar surface area (TPSA) is 129 Å². The standard InChI is InChI=1S/C28H34N4O6/c1-6-35-25(36-7-2)17-37-24-15-23(38-31-24)26(18(3)4)28(34)32-14-8-9-22(32)27(33)30-19(5)21-12-10-20(16-29)11-13-21/h8-15,18-19,25-26H,6-7,17H2,1-5H3,(H,30,33)/t19-,26+/m0/s1. The molecule has 2 atom stereocenters. The first kappa shape index (κ1) is 28.6. The van der Waals surface area contributed by atoms with E-state index in [1.54, 1.807) is 48.7 Å². The zero-order chi connectivity index (χ0) is 27.7. The van der Waals surface area contributed by atoms with Crippen molar-refractivity contribution in [2.75, 3.05) is 19.8 Å². The maximum Gasteiger partial charge on any atom is 0.268 e. The van der Waals surface area contributed by atoms with Gasteiger partial charge in [-0.25, -0.2) is 0 Å². The van der Waals surface area contributed by atoms with Gasteiger partial charge in [0.1, 0.15) is 18.2 Å². The quantitative estimate of drug-likeness (QED) is 0.320. The second-order valence-corrected chi connectivity index (χ2v) is 8.97. The van der Waals surface area contributed by atoms with Gasteiger partial charge in [-0.1, -0.05) is 26.0 Å². The number of aromatic nitrogens is 2. The SMILES string of the molecule is CCOC(COc1cc([C@H](C(=O)n2cccc2C(=O)N[C@@H](C)c2ccc(C#N)cc2)C(C)C)on1)OCC. The number of amides is 1. The third-order valence-corrected chi connectivity index (χ3v) is 5.92. The number of nitriles is 1. The smallest absolute Gasteiger partial charge is 0.268 e. The maximum absolute atomic E-state index is 13.6. The Morgan fingerprint density at radius 3 is 2.39 bits per heavy atom. The molecule has 202 valence electrons. The molecule has 10 nitrogen and oxygen atoms in total. The minimum Gasteiger partial charge on any atom is -0.470 e. The van der Waals surface area contributed by atoms with Crippen molar-refractivity contribution >= 4 is 11.8 Å². The van der Waals surface area contributed by atoms with Crippen molar-refractivity contribution in [2.24, 2.45) is 5.92 Å². The van der Waals surface area contributed by atoms with Crippen molar-refractivity contribution in [2.45, 2.75) is 52.9 Å². The minimum absolute atomic E-state index is 0.118. The first-order valence-electron chi connectivity index (χ1n) is 12.6. The fourth-order valence-corrected chi connectivity index (χ4v) is 4.00. The second kappa shape index (κ2) is 13.6. The van der Waals surface area contributed by atoms with Gasteiger partial charge in [-0.15, -0.1) is 0 Å². The van der Waals surface area contributed by atoms with Gasteiger partial charge in [-0.2, -0.15) is 5.26 Å². The van der Waals surface area contributed by atoms with Crippen LogP contribution in [-0.2, 0) is 9.47 Å². The van der Waals surface area contributed by atoms with Gasteiger partial charge < -0.3 is 24.1 Å². The lowest BCUT2D eigenvalue weighted by atomic mass is 9.92. The summed E-state index contributed by atoms with van der Waals surface area (Å²) in [5.74, 6) is -1.05. The number of hydrogen-bond donors (Lipinski definition) is 1. The molecule has 3 aromatic rings. The molecule has 38 heavy (non-hydrogen) atoms. The van der Waals surface area contributed by atoms with Crippen molar-refractivity contribution < 1.29 is 28.3 Å². The van der Waals surface area contributed by atoms with Crippen LogP contribution in [0.15, 0.2) is 53.2 Å². The number of hydrogen-bond acceptors (Lipinski definition) is 8. The molecule has 1 amide bonds. The first-order valence-corrected chi connectivity index (χ1v) is 12.6. The predicted octanol–water partition coefficient (Wildman–Crippen LogP) is 4.70. The van der Waals surface area contributed by atoms with Crippen molar-refractivity contribution in [3.8, 4) is 11.9 Å². The molecule has 2 aromatic heterocycles. The lowest BCUT2D eigenvalue weighted by molar-refractivity contribution is -0.152. The fourth-order valence-electron chi connectivity index (χ4n) is 4.00. The molecular weight excluding hydrogens is 488 g/mol. The molecule has 0 aliphatic carbocycles. The summed E-state index contributed by atoms with van der Waals surface area (Å²) >= 11 is 0. The summed E-state index contributed by atoms with van der Waals surface area (Å²) in [6.07, 6.45) is 1.02. The zero-order valence-electron chi connectivity index (χ0n) is 22.3. The molecule has 1 aromatic carbocycles. The normalized spacial score (nSPS) is 12.8. The Hall–Kier alpha value is -3.94. The Bertz CT molecular complexity index is 1230. The number of nitrogens with zero attached hydrogens (tertiary/aromatic N) is 3. The summed E-state index contributed by atoms with van der Waals surface area (Å²) in [5.41, 5.74) is 1.58. The summed E-state index contributed by atoms with van der Waals surface area (Å²) in [5, 5.41) is 15.9. The van der Waals surface area contributed by atoms with Gasteiger partial charge in [0.2, 0.25) is 5.91 Å². The fraction of sp³-hybridized carbons (Fsp3) is 0.429. The Morgan fingerprint density at radius 1 is 1.11 bits per heavy atom. The van der Waals surface area contributed by atoms with Crippen molar-refractivity contribution in [1.29, 1.82) is 5.26 Å². The van der Waals surface area contributed by atoms with Crippen LogP contribution in [0.2, 0.25) is 0 Å². The molecule has 0 aliphatic rings. The van der Waals surface area contributed by atoms with Crippen LogP contribution in [0.1, 0.15) is 78.7 Å². The van der Waals surface area contributed by atoms with Crippen LogP contribution >= 0.6 is 0 Å². The highest BCUT2D eigenvalue weighted by Gasteiger charge is 2.32. The third kappa shape index (κ3) is 7.09. The first-order chi connectivity index (χ1) is 18.3. The molecule has 0 radical (unpaired) electrons. The second-order valence-electron chi connectivity index (χ2n) is 8.97. The monoisotopic (exact) mass is 522 g/mol. The van der Waals surface area contributed by atoms with Crippen molar-refractivity contribution in [3.63, 3.8) is 0 Å². The van der Waals surface area contributed by atoms with Crippen LogP contribution in [0.5, 0.6) is 5.88 Å². The Kier molecular flexibility index (Phi) is 10.2. The van der Waals surface area contributed by atoms with E-state index in [1.807, 2.05) is 34.6 Å². The molecular formula is C28H34N4O6. The number of carbonyl (C=O) groups is 2. The minimum atomic E-state index is -0.704. The Balaban J connectivity index is 1.73. The molecule has 0 spiro atoms. The molecule has 0 saturated carbocycles. The number of ether oxygens (including phenoxy) is 3. The van der Waals surface area contributed by atoms with Gasteiger partial charge in [-0.3, -0.25) is 14.2 Å². The van der Waals surface area contributed by atoms with Gasteiger partial charge in [0.05, 0.1) is 17.7 Å². The van der Waals surface area contributed by atoms with E-state index in [4.69, 9.17) is 24.0 Å². The van der Waals surface area contributed by atoms with Gasteiger partial charge >= 0.3 is 0 Å². The Labute approximate surface area is 222 Å². The van der Waals surface area contributed by atoms with E-state index in [2.05, 4.69) is 16.5 Å². The molecule has 0 saturated heterocycles. The van der Waals surface area contributed by atoms with E-state index in [-0.39, 0.29) is 36.0 Å². The van der Waals surface area contributed by atoms with Crippen LogP contribution < -0.4 is 10.1 Å². The third-order valence-electron chi connectivity index (χ3n) is 5.92. The van der Waals surface area contributed by atoms with Crippen molar-refractivity contribution in [1.82, 2.24) is 15.0 Å². The molecule has 0 unspecified atom stereocenters. The van der Waals surface area contributed by atoms with Gasteiger partial charge in [0, 0.05) is 25.5 Å². The van der Waals surface area contributed by atoms with Gasteiger partial charge in [-0.05, 0) is 61.7 Å². The van der Waals surface area contributed by atoms with Crippen molar-refractivity contribution in [3.05, 3.63) is 71.2 Å². The number of benzene rings is 1. The Morgan fingerprint density at radius 2 is 1.79 bits per heavy atom. The number of rotatable bonds is 13. The van der Waals surface area contributed by atoms with E-state index >= 15 is 0 Å². The van der Waals surface area contributed by atoms with E-state index in [0.29, 0.717) is 24.5 Å². The molecule has 10 heteroatoms. The summed E-state index contributed by atoms with van der Waals surface area (Å²) in [6, 6.07) is 13.5. The molecule has 3 rings (SSSR count). The highest BCUT2D eigenvalue weighted by atomic mass is 16.7. The lowest BCUT2D eigenvalue weighted by Gasteiger charge is -2.19. The summed E-state index contributed by atoms with van der Waals surface area (Å²) in [4.78, 5) is 26.7. The number of nitrogens with one attached hydrogen (secondary N) is 1. The molecule has 0 aliphatic heterocycles. The zero-order valence-corrected chi connectivity index (χ0v) is 22.3. The average Bonchev–Trinajstić information content (AvgIpc) is 3.57. The van der Waals surface area contributed by atoms with Crippen LogP contribution in [0.4, 0.5) is 0 Å². The lowest BCUT2D eigenvalue weighted by Crippen LogP contribution is -2.32. The molecule has 0 fully saturated rings. The van der Waals surface area contributed by atoms with Crippen LogP contribution in [0.25, 0.3) is 0 Å². The average molecular weight is 523 g/mol. The van der Waals surface area contributed by atoms with Gasteiger partial charge in [0.15, 0.2) is 12.1 Å². The van der Waals surface area contributed by atoms with Gasteiger partial charge in [0.25, 0.3) is 11.8 Å². The maximum atomic E-state index is 13.6. The molecule has 2 heterocycles.